The highest BCUT2D eigenvalue weighted by molar-refractivity contribution is 5.66. The Morgan fingerprint density at radius 2 is 1.71 bits per heavy atom. The molecular formula is C12H22O2. The molecule has 0 aliphatic heterocycles. The van der Waals surface area contributed by atoms with Crippen molar-refractivity contribution < 1.29 is 9.53 Å². The number of hydrogen-bond acceptors (Lipinski definition) is 2. The van der Waals surface area contributed by atoms with Crippen molar-refractivity contribution in [3.05, 3.63) is 0 Å². The van der Waals surface area contributed by atoms with E-state index < -0.39 is 0 Å². The first-order valence-corrected chi connectivity index (χ1v) is 5.59. The van der Waals surface area contributed by atoms with E-state index in [1.165, 1.54) is 6.92 Å². The van der Waals surface area contributed by atoms with E-state index in [9.17, 15) is 4.79 Å². The van der Waals surface area contributed by atoms with Gasteiger partial charge in [-0.1, -0.05) is 20.8 Å². The van der Waals surface area contributed by atoms with Crippen LogP contribution in [0.5, 0.6) is 0 Å². The number of carbonyl (C=O) groups excluding carboxylic acids is 1. The molecule has 0 aromatic rings. The predicted octanol–water partition coefficient (Wildman–Crippen LogP) is 3.30. The van der Waals surface area contributed by atoms with Gasteiger partial charge in [-0.25, -0.2) is 0 Å². The third-order valence-corrected chi connectivity index (χ3v) is 3.52. The first-order valence-electron chi connectivity index (χ1n) is 5.59. The van der Waals surface area contributed by atoms with Gasteiger partial charge in [-0.3, -0.25) is 4.79 Å². The minimum absolute atomic E-state index is 0.133. The molecule has 0 spiro atoms. The van der Waals surface area contributed by atoms with E-state index in [-0.39, 0.29) is 11.6 Å². The molecule has 0 heterocycles. The van der Waals surface area contributed by atoms with Crippen molar-refractivity contribution in [3.63, 3.8) is 0 Å². The van der Waals surface area contributed by atoms with Crippen LogP contribution in [0.1, 0.15) is 59.8 Å². The van der Waals surface area contributed by atoms with Crippen molar-refractivity contribution in [1.82, 2.24) is 0 Å². The Labute approximate surface area is 87.0 Å². The highest BCUT2D eigenvalue weighted by Crippen LogP contribution is 2.43. The van der Waals surface area contributed by atoms with E-state index in [2.05, 4.69) is 20.8 Å². The molecule has 0 radical (unpaired) electrons. The molecule has 1 rings (SSSR count). The second-order valence-corrected chi connectivity index (χ2v) is 5.29. The van der Waals surface area contributed by atoms with Gasteiger partial charge < -0.3 is 4.74 Å². The molecule has 2 heteroatoms. The zero-order chi connectivity index (χ0) is 10.8. The standard InChI is InChI=1S/C12H22O2/c1-5-12(14-10(2)13)8-6-11(3,4)7-9-12/h5-9H2,1-4H3. The van der Waals surface area contributed by atoms with Gasteiger partial charge in [0, 0.05) is 6.92 Å². The van der Waals surface area contributed by atoms with Gasteiger partial charge in [0.15, 0.2) is 0 Å². The minimum atomic E-state index is -0.151. The van der Waals surface area contributed by atoms with Crippen molar-refractivity contribution in [2.75, 3.05) is 0 Å². The van der Waals surface area contributed by atoms with Gasteiger partial charge in [0.1, 0.15) is 5.60 Å². The maximum Gasteiger partial charge on any atom is 0.303 e. The molecular weight excluding hydrogens is 176 g/mol. The molecule has 2 nitrogen and oxygen atoms in total. The van der Waals surface area contributed by atoms with Gasteiger partial charge in [0.25, 0.3) is 0 Å². The summed E-state index contributed by atoms with van der Waals surface area (Å²) in [6, 6.07) is 0. The van der Waals surface area contributed by atoms with E-state index in [0.717, 1.165) is 32.1 Å². The third-order valence-electron chi connectivity index (χ3n) is 3.52. The summed E-state index contributed by atoms with van der Waals surface area (Å²) >= 11 is 0. The summed E-state index contributed by atoms with van der Waals surface area (Å²) in [5.41, 5.74) is 0.278. The molecule has 1 fully saturated rings. The van der Waals surface area contributed by atoms with Gasteiger partial charge in [-0.2, -0.15) is 0 Å². The summed E-state index contributed by atoms with van der Waals surface area (Å²) in [6.45, 7) is 8.21. The molecule has 0 aromatic heterocycles. The fourth-order valence-corrected chi connectivity index (χ4v) is 2.22. The Morgan fingerprint density at radius 1 is 1.21 bits per heavy atom. The zero-order valence-electron chi connectivity index (χ0n) is 9.85. The fourth-order valence-electron chi connectivity index (χ4n) is 2.22. The fraction of sp³-hybridized carbons (Fsp3) is 0.917. The molecule has 0 amide bonds. The minimum Gasteiger partial charge on any atom is -0.459 e. The molecule has 1 aliphatic carbocycles. The van der Waals surface area contributed by atoms with Gasteiger partial charge in [0.05, 0.1) is 0 Å². The van der Waals surface area contributed by atoms with Crippen LogP contribution >= 0.6 is 0 Å². The normalized spacial score (nSPS) is 24.3. The van der Waals surface area contributed by atoms with Crippen LogP contribution in [0.3, 0.4) is 0 Å². The van der Waals surface area contributed by atoms with E-state index in [1.807, 2.05) is 0 Å². The van der Waals surface area contributed by atoms with Crippen LogP contribution in [0.15, 0.2) is 0 Å². The largest absolute Gasteiger partial charge is 0.459 e. The molecule has 1 aliphatic rings. The monoisotopic (exact) mass is 198 g/mol. The molecule has 0 unspecified atom stereocenters. The number of rotatable bonds is 2. The number of ether oxygens (including phenoxy) is 1. The maximum atomic E-state index is 11.0. The lowest BCUT2D eigenvalue weighted by Crippen LogP contribution is -2.40. The van der Waals surface area contributed by atoms with Crippen LogP contribution in [0.2, 0.25) is 0 Å². The molecule has 14 heavy (non-hydrogen) atoms. The lowest BCUT2D eigenvalue weighted by Gasteiger charge is -2.42. The van der Waals surface area contributed by atoms with E-state index in [0.29, 0.717) is 5.41 Å². The second kappa shape index (κ2) is 3.92. The molecule has 1 saturated carbocycles. The lowest BCUT2D eigenvalue weighted by molar-refractivity contribution is -0.163. The Morgan fingerprint density at radius 3 is 2.07 bits per heavy atom. The average Bonchev–Trinajstić information content (AvgIpc) is 2.09. The highest BCUT2D eigenvalue weighted by atomic mass is 16.6. The number of carbonyl (C=O) groups is 1. The van der Waals surface area contributed by atoms with Crippen LogP contribution < -0.4 is 0 Å². The molecule has 0 atom stereocenters. The molecule has 0 N–H and O–H groups in total. The van der Waals surface area contributed by atoms with Gasteiger partial charge in [-0.15, -0.1) is 0 Å². The first-order chi connectivity index (χ1) is 6.39. The summed E-state index contributed by atoms with van der Waals surface area (Å²) in [6.07, 6.45) is 5.32. The summed E-state index contributed by atoms with van der Waals surface area (Å²) in [5, 5.41) is 0. The molecule has 0 saturated heterocycles. The average molecular weight is 198 g/mol. The van der Waals surface area contributed by atoms with Crippen LogP contribution in [0.4, 0.5) is 0 Å². The lowest BCUT2D eigenvalue weighted by atomic mass is 9.70. The Kier molecular flexibility index (Phi) is 3.23. The Bertz CT molecular complexity index is 208. The van der Waals surface area contributed by atoms with Crippen LogP contribution in [-0.2, 0) is 9.53 Å². The summed E-state index contributed by atoms with van der Waals surface area (Å²) in [5.74, 6) is -0.133. The van der Waals surface area contributed by atoms with Crippen molar-refractivity contribution in [2.45, 2.75) is 65.4 Å². The quantitative estimate of drug-likeness (QED) is 0.636. The summed E-state index contributed by atoms with van der Waals surface area (Å²) in [4.78, 5) is 11.0. The third kappa shape index (κ3) is 2.73. The predicted molar refractivity (Wildman–Crippen MR) is 57.0 cm³/mol. The maximum absolute atomic E-state index is 11.0. The van der Waals surface area contributed by atoms with Gasteiger partial charge in [-0.05, 0) is 37.5 Å². The Balaban J connectivity index is 2.61. The first kappa shape index (κ1) is 11.5. The van der Waals surface area contributed by atoms with E-state index >= 15 is 0 Å². The van der Waals surface area contributed by atoms with Crippen molar-refractivity contribution in [3.8, 4) is 0 Å². The molecule has 82 valence electrons. The van der Waals surface area contributed by atoms with Crippen molar-refractivity contribution >= 4 is 5.97 Å². The second-order valence-electron chi connectivity index (χ2n) is 5.29. The van der Waals surface area contributed by atoms with Gasteiger partial charge >= 0.3 is 5.97 Å². The Hall–Kier alpha value is -0.530. The summed E-state index contributed by atoms with van der Waals surface area (Å²) in [7, 11) is 0. The van der Waals surface area contributed by atoms with E-state index in [1.54, 1.807) is 0 Å². The van der Waals surface area contributed by atoms with Crippen LogP contribution in [0, 0.1) is 5.41 Å². The smallest absolute Gasteiger partial charge is 0.303 e. The number of hydrogen-bond donors (Lipinski definition) is 0. The SMILES string of the molecule is CCC1(OC(C)=O)CCC(C)(C)CC1. The molecule has 0 aromatic carbocycles. The van der Waals surface area contributed by atoms with E-state index in [4.69, 9.17) is 4.74 Å². The summed E-state index contributed by atoms with van der Waals surface area (Å²) < 4.78 is 5.48. The zero-order valence-corrected chi connectivity index (χ0v) is 9.85. The number of esters is 1. The molecule has 0 bridgehead atoms. The van der Waals surface area contributed by atoms with Gasteiger partial charge in [0.2, 0.25) is 0 Å². The van der Waals surface area contributed by atoms with Crippen molar-refractivity contribution in [2.24, 2.45) is 5.41 Å². The van der Waals surface area contributed by atoms with Crippen LogP contribution in [-0.4, -0.2) is 11.6 Å². The topological polar surface area (TPSA) is 26.3 Å². The van der Waals surface area contributed by atoms with Crippen LogP contribution in [0.25, 0.3) is 0 Å². The highest BCUT2D eigenvalue weighted by Gasteiger charge is 2.39. The van der Waals surface area contributed by atoms with Crippen molar-refractivity contribution in [1.29, 1.82) is 0 Å².